The van der Waals surface area contributed by atoms with Crippen LogP contribution in [0, 0.1) is 27.7 Å². The molecule has 7 aromatic rings. The molecule has 0 spiro atoms. The van der Waals surface area contributed by atoms with Crippen molar-refractivity contribution in [2.75, 3.05) is 15.1 Å². The first kappa shape index (κ1) is 29.9. The van der Waals surface area contributed by atoms with Crippen LogP contribution in [0.5, 0.6) is 0 Å². The number of nitrogens with zero attached hydrogens (tertiary/aromatic N) is 2. The fraction of sp³-hybridized carbons (Fsp3) is 0.0870. The van der Waals surface area contributed by atoms with E-state index in [-0.39, 0.29) is 6.71 Å². The Morgan fingerprint density at radius 3 is 1.90 bits per heavy atom. The highest BCUT2D eigenvalue weighted by molar-refractivity contribution is 7.01. The van der Waals surface area contributed by atoms with Crippen molar-refractivity contribution in [1.29, 1.82) is 0 Å². The zero-order valence-corrected chi connectivity index (χ0v) is 29.5. The molecule has 0 saturated heterocycles. The molecule has 0 radical (unpaired) electrons. The van der Waals surface area contributed by atoms with Crippen molar-refractivity contribution in [2.24, 2.45) is 0 Å². The summed E-state index contributed by atoms with van der Waals surface area (Å²) in [6, 6.07) is 52.1. The zero-order valence-electron chi connectivity index (χ0n) is 29.5. The van der Waals surface area contributed by atoms with Crippen molar-refractivity contribution >= 4 is 86.8 Å². The summed E-state index contributed by atoms with van der Waals surface area (Å²) in [5.41, 5.74) is 24.2. The predicted octanol–water partition coefficient (Wildman–Crippen LogP) is 8.11. The molecular formula is C46H37B2N3. The van der Waals surface area contributed by atoms with E-state index in [1.165, 1.54) is 94.8 Å². The molecule has 3 nitrogen and oxygen atoms in total. The van der Waals surface area contributed by atoms with Crippen molar-refractivity contribution in [3.05, 3.63) is 162 Å². The Morgan fingerprint density at radius 2 is 1.16 bits per heavy atom. The van der Waals surface area contributed by atoms with Gasteiger partial charge in [-0.2, -0.15) is 0 Å². The van der Waals surface area contributed by atoms with Gasteiger partial charge in [0.1, 0.15) is 0 Å². The molecule has 3 heterocycles. The minimum Gasteiger partial charge on any atom is -0.355 e. The van der Waals surface area contributed by atoms with E-state index in [2.05, 4.69) is 182 Å². The minimum atomic E-state index is 0.107. The number of hydrogen-bond donors (Lipinski definition) is 1. The molecule has 0 fully saturated rings. The third kappa shape index (κ3) is 4.61. The highest BCUT2D eigenvalue weighted by Crippen LogP contribution is 2.47. The van der Waals surface area contributed by atoms with Crippen LogP contribution in [-0.4, -0.2) is 14.0 Å². The molecule has 51 heavy (non-hydrogen) atoms. The molecule has 3 aliphatic heterocycles. The number of nitrogens with one attached hydrogen (secondary N) is 1. The van der Waals surface area contributed by atoms with Crippen LogP contribution in [0.2, 0.25) is 0 Å². The van der Waals surface area contributed by atoms with Crippen LogP contribution in [0.3, 0.4) is 0 Å². The second-order valence-corrected chi connectivity index (χ2v) is 14.6. The summed E-state index contributed by atoms with van der Waals surface area (Å²) >= 11 is 0. The summed E-state index contributed by atoms with van der Waals surface area (Å²) in [6.45, 7) is 8.96. The van der Waals surface area contributed by atoms with E-state index in [1.807, 2.05) is 0 Å². The molecule has 1 N–H and O–H groups in total. The van der Waals surface area contributed by atoms with Crippen LogP contribution in [-0.2, 0) is 0 Å². The van der Waals surface area contributed by atoms with Crippen molar-refractivity contribution in [2.45, 2.75) is 27.7 Å². The van der Waals surface area contributed by atoms with E-state index in [1.54, 1.807) is 0 Å². The van der Waals surface area contributed by atoms with Gasteiger partial charge in [-0.25, -0.2) is 0 Å². The predicted molar refractivity (Wildman–Crippen MR) is 221 cm³/mol. The number of benzene rings is 7. The van der Waals surface area contributed by atoms with E-state index in [4.69, 9.17) is 0 Å². The average molecular weight is 653 g/mol. The minimum absolute atomic E-state index is 0.107. The maximum absolute atomic E-state index is 3.79. The highest BCUT2D eigenvalue weighted by atomic mass is 15.2. The van der Waals surface area contributed by atoms with Gasteiger partial charge in [-0.3, -0.25) is 0 Å². The molecule has 242 valence electrons. The topological polar surface area (TPSA) is 18.5 Å². The standard InChI is InChI=1S/C46H37B2N3/c1-28-11-10-14-33(23-28)50-41-25-30(3)18-21-37(41)48-38-22-19-31(4)26-42(38)51-40-24-29(2)17-20-36(40)47-44-35(27-43(50)45(48)46(44)51)34-15-8-9-16-39(34)49-32-12-6-5-7-13-32/h5-27,47,49H,1-4H3. The second kappa shape index (κ2) is 11.3. The van der Waals surface area contributed by atoms with Gasteiger partial charge < -0.3 is 15.1 Å². The largest absolute Gasteiger partial charge is 0.355 e. The first-order valence-corrected chi connectivity index (χ1v) is 18.0. The lowest BCUT2D eigenvalue weighted by atomic mass is 9.32. The molecule has 10 rings (SSSR count). The lowest BCUT2D eigenvalue weighted by molar-refractivity contribution is 1.24. The number of para-hydroxylation sites is 2. The molecule has 0 atom stereocenters. The first-order valence-electron chi connectivity index (χ1n) is 18.0. The third-order valence-corrected chi connectivity index (χ3v) is 11.0. The number of rotatable bonds is 4. The van der Waals surface area contributed by atoms with Crippen LogP contribution < -0.4 is 42.4 Å². The lowest BCUT2D eigenvalue weighted by Gasteiger charge is -2.47. The molecule has 7 aromatic carbocycles. The van der Waals surface area contributed by atoms with Gasteiger partial charge in [0.15, 0.2) is 7.28 Å². The van der Waals surface area contributed by atoms with Gasteiger partial charge in [0.25, 0.3) is 6.71 Å². The Bertz CT molecular complexity index is 2550. The molecule has 0 aromatic heterocycles. The Hall–Kier alpha value is -5.93. The molecule has 3 aliphatic rings. The molecule has 0 bridgehead atoms. The van der Waals surface area contributed by atoms with E-state index < -0.39 is 0 Å². The van der Waals surface area contributed by atoms with Gasteiger partial charge in [0.05, 0.1) is 0 Å². The zero-order chi connectivity index (χ0) is 34.4. The second-order valence-electron chi connectivity index (χ2n) is 14.6. The van der Waals surface area contributed by atoms with Crippen molar-refractivity contribution in [1.82, 2.24) is 0 Å². The van der Waals surface area contributed by atoms with E-state index >= 15 is 0 Å². The lowest BCUT2D eigenvalue weighted by Crippen LogP contribution is -2.64. The molecule has 0 unspecified atom stereocenters. The summed E-state index contributed by atoms with van der Waals surface area (Å²) in [6.07, 6.45) is 0. The summed E-state index contributed by atoms with van der Waals surface area (Å²) in [7, 11) is 0.864. The maximum atomic E-state index is 3.79. The number of fused-ring (bicyclic) bond motifs is 7. The van der Waals surface area contributed by atoms with Crippen LogP contribution in [0.4, 0.5) is 45.5 Å². The Morgan fingerprint density at radius 1 is 0.510 bits per heavy atom. The fourth-order valence-corrected chi connectivity index (χ4v) is 8.79. The monoisotopic (exact) mass is 653 g/mol. The number of aryl methyl sites for hydroxylation is 4. The molecule has 0 aliphatic carbocycles. The van der Waals surface area contributed by atoms with Gasteiger partial charge >= 0.3 is 0 Å². The number of anilines is 8. The van der Waals surface area contributed by atoms with E-state index in [0.717, 1.165) is 18.7 Å². The van der Waals surface area contributed by atoms with Crippen molar-refractivity contribution in [3.63, 3.8) is 0 Å². The normalized spacial score (nSPS) is 13.1. The van der Waals surface area contributed by atoms with Crippen LogP contribution in [0.25, 0.3) is 11.1 Å². The van der Waals surface area contributed by atoms with E-state index in [0.29, 0.717) is 0 Å². The quantitative estimate of drug-likeness (QED) is 0.194. The Balaban J connectivity index is 1.35. The fourth-order valence-electron chi connectivity index (χ4n) is 8.79. The van der Waals surface area contributed by atoms with Crippen molar-refractivity contribution in [3.8, 4) is 11.1 Å². The molecule has 0 amide bonds. The smallest absolute Gasteiger partial charge is 0.252 e. The highest BCUT2D eigenvalue weighted by Gasteiger charge is 2.46. The van der Waals surface area contributed by atoms with Crippen LogP contribution >= 0.6 is 0 Å². The van der Waals surface area contributed by atoms with Crippen molar-refractivity contribution < 1.29 is 0 Å². The van der Waals surface area contributed by atoms with Crippen LogP contribution in [0.1, 0.15) is 22.3 Å². The summed E-state index contributed by atoms with van der Waals surface area (Å²) in [5.74, 6) is 0. The SMILES string of the molecule is Cc1cccc(N2c3cc(C)ccc3B3c4ccc(C)cc4N4c5cc(C)ccc5Bc5c(-c6ccccc6Nc6ccccc6)cc2c3c54)c1. The average Bonchev–Trinajstić information content (AvgIpc) is 3.13. The Labute approximate surface area is 301 Å². The van der Waals surface area contributed by atoms with Gasteiger partial charge in [-0.05, 0) is 132 Å². The van der Waals surface area contributed by atoms with Gasteiger partial charge in [0.2, 0.25) is 0 Å². The molecule has 0 saturated carbocycles. The maximum Gasteiger partial charge on any atom is 0.252 e. The van der Waals surface area contributed by atoms with Gasteiger partial charge in [-0.1, -0.05) is 90.4 Å². The summed E-state index contributed by atoms with van der Waals surface area (Å²) in [4.78, 5) is 5.16. The first-order chi connectivity index (χ1) is 24.9. The van der Waals surface area contributed by atoms with Gasteiger partial charge in [0, 0.05) is 51.1 Å². The summed E-state index contributed by atoms with van der Waals surface area (Å²) in [5, 5.41) is 3.79. The van der Waals surface area contributed by atoms with Crippen LogP contribution in [0.15, 0.2) is 140 Å². The molecule has 5 heteroatoms. The molecular weight excluding hydrogens is 616 g/mol. The summed E-state index contributed by atoms with van der Waals surface area (Å²) < 4.78 is 0. The van der Waals surface area contributed by atoms with Gasteiger partial charge in [-0.15, -0.1) is 0 Å². The van der Waals surface area contributed by atoms with E-state index in [9.17, 15) is 0 Å². The Kier molecular flexibility index (Phi) is 6.63. The third-order valence-electron chi connectivity index (χ3n) is 11.0. The number of hydrogen-bond acceptors (Lipinski definition) is 3.